The molecule has 38 heavy (non-hydrogen) atoms. The maximum absolute atomic E-state index is 14.0. The molecule has 1 aromatic heterocycles. The second-order valence-electron chi connectivity index (χ2n) is 10.1. The van der Waals surface area contributed by atoms with Gasteiger partial charge in [-0.25, -0.2) is 0 Å². The SMILES string of the molecule is CNCCCN(C(=O)c1ccc(C)cc1)C(c1oc2cc(Cl)ccc2c(=O)c1Cc1ccccc1)C(C)C. The number of nitrogens with zero attached hydrogens (tertiary/aromatic N) is 1. The van der Waals surface area contributed by atoms with Gasteiger partial charge in [0.1, 0.15) is 11.3 Å². The predicted molar refractivity (Wildman–Crippen MR) is 155 cm³/mol. The molecule has 0 aliphatic heterocycles. The number of aryl methyl sites for hydroxylation is 1. The Balaban J connectivity index is 1.92. The molecule has 0 aliphatic carbocycles. The van der Waals surface area contributed by atoms with E-state index in [1.807, 2.05) is 73.5 Å². The number of hydrogen-bond acceptors (Lipinski definition) is 4. The van der Waals surface area contributed by atoms with Gasteiger partial charge < -0.3 is 14.6 Å². The summed E-state index contributed by atoms with van der Waals surface area (Å²) in [6.07, 6.45) is 1.17. The van der Waals surface area contributed by atoms with Gasteiger partial charge in [0, 0.05) is 35.2 Å². The zero-order chi connectivity index (χ0) is 27.2. The highest BCUT2D eigenvalue weighted by molar-refractivity contribution is 6.31. The molecule has 0 spiro atoms. The first kappa shape index (κ1) is 27.6. The summed E-state index contributed by atoms with van der Waals surface area (Å²) in [6.45, 7) is 7.40. The van der Waals surface area contributed by atoms with Crippen LogP contribution in [0.1, 0.15) is 59.1 Å². The quantitative estimate of drug-likeness (QED) is 0.229. The highest BCUT2D eigenvalue weighted by Crippen LogP contribution is 2.35. The number of amides is 1. The Morgan fingerprint density at radius 3 is 2.39 bits per heavy atom. The molecule has 4 rings (SSSR count). The van der Waals surface area contributed by atoms with E-state index in [4.69, 9.17) is 16.0 Å². The van der Waals surface area contributed by atoms with Gasteiger partial charge in [-0.2, -0.15) is 0 Å². The van der Waals surface area contributed by atoms with E-state index in [2.05, 4.69) is 19.2 Å². The molecular weight excluding hydrogens is 496 g/mol. The summed E-state index contributed by atoms with van der Waals surface area (Å²) in [7, 11) is 1.90. The van der Waals surface area contributed by atoms with Gasteiger partial charge in [-0.15, -0.1) is 0 Å². The van der Waals surface area contributed by atoms with Crippen LogP contribution in [0.15, 0.2) is 82.0 Å². The number of rotatable bonds is 10. The number of benzene rings is 3. The van der Waals surface area contributed by atoms with Crippen LogP contribution in [0.4, 0.5) is 0 Å². The van der Waals surface area contributed by atoms with Crippen LogP contribution >= 0.6 is 11.6 Å². The van der Waals surface area contributed by atoms with Gasteiger partial charge in [0.25, 0.3) is 5.91 Å². The highest BCUT2D eigenvalue weighted by Gasteiger charge is 2.33. The van der Waals surface area contributed by atoms with Crippen molar-refractivity contribution in [2.45, 2.75) is 39.7 Å². The summed E-state index contributed by atoms with van der Waals surface area (Å²) in [6, 6.07) is 22.2. The van der Waals surface area contributed by atoms with Crippen LogP contribution in [0.3, 0.4) is 0 Å². The van der Waals surface area contributed by atoms with Crippen molar-refractivity contribution in [3.8, 4) is 0 Å². The third kappa shape index (κ3) is 6.17. The molecule has 0 saturated heterocycles. The second-order valence-corrected chi connectivity index (χ2v) is 10.5. The Kier molecular flexibility index (Phi) is 9.03. The molecule has 0 aliphatic rings. The summed E-state index contributed by atoms with van der Waals surface area (Å²) in [5.41, 5.74) is 3.61. The van der Waals surface area contributed by atoms with Gasteiger partial charge >= 0.3 is 0 Å². The van der Waals surface area contributed by atoms with E-state index in [1.165, 1.54) is 0 Å². The molecule has 6 heteroatoms. The molecule has 3 aromatic carbocycles. The van der Waals surface area contributed by atoms with Crippen LogP contribution in [-0.2, 0) is 6.42 Å². The molecule has 0 fully saturated rings. The number of carbonyl (C=O) groups is 1. The third-order valence-corrected chi connectivity index (χ3v) is 7.06. The predicted octanol–water partition coefficient (Wildman–Crippen LogP) is 6.79. The maximum atomic E-state index is 14.0. The van der Waals surface area contributed by atoms with Crippen molar-refractivity contribution in [3.63, 3.8) is 0 Å². The van der Waals surface area contributed by atoms with Crippen molar-refractivity contribution in [2.75, 3.05) is 20.1 Å². The van der Waals surface area contributed by atoms with E-state index < -0.39 is 6.04 Å². The van der Waals surface area contributed by atoms with Crippen molar-refractivity contribution in [3.05, 3.63) is 116 Å². The lowest BCUT2D eigenvalue weighted by atomic mass is 9.91. The average Bonchev–Trinajstić information content (AvgIpc) is 2.90. The minimum absolute atomic E-state index is 0.0201. The molecule has 0 radical (unpaired) electrons. The first-order chi connectivity index (χ1) is 18.3. The zero-order valence-corrected chi connectivity index (χ0v) is 23.2. The first-order valence-electron chi connectivity index (χ1n) is 13.1. The number of halogens is 1. The average molecular weight is 531 g/mol. The van der Waals surface area contributed by atoms with E-state index in [9.17, 15) is 9.59 Å². The molecule has 5 nitrogen and oxygen atoms in total. The van der Waals surface area contributed by atoms with Crippen molar-refractivity contribution >= 4 is 28.5 Å². The van der Waals surface area contributed by atoms with Gasteiger partial charge in [0.05, 0.1) is 11.4 Å². The van der Waals surface area contributed by atoms with Crippen LogP contribution in [0.5, 0.6) is 0 Å². The van der Waals surface area contributed by atoms with E-state index in [-0.39, 0.29) is 17.3 Å². The van der Waals surface area contributed by atoms with E-state index >= 15 is 0 Å². The van der Waals surface area contributed by atoms with Crippen molar-refractivity contribution < 1.29 is 9.21 Å². The smallest absolute Gasteiger partial charge is 0.254 e. The summed E-state index contributed by atoms with van der Waals surface area (Å²) < 4.78 is 6.55. The standard InChI is InChI=1S/C32H35ClN2O3/c1-21(2)29(35(18-8-17-34-4)32(37)24-13-11-22(3)12-14-24)31-27(19-23-9-6-5-7-10-23)30(36)26-16-15-25(33)20-28(26)38-31/h5-7,9-16,20-21,29,34H,8,17-19H2,1-4H3. The molecule has 1 atom stereocenters. The molecule has 1 unspecified atom stereocenters. The second kappa shape index (κ2) is 12.4. The maximum Gasteiger partial charge on any atom is 0.254 e. The lowest BCUT2D eigenvalue weighted by Gasteiger charge is -2.35. The van der Waals surface area contributed by atoms with Crippen LogP contribution < -0.4 is 10.7 Å². The van der Waals surface area contributed by atoms with Crippen molar-refractivity contribution in [1.82, 2.24) is 10.2 Å². The fourth-order valence-corrected chi connectivity index (χ4v) is 5.05. The topological polar surface area (TPSA) is 62.6 Å². The summed E-state index contributed by atoms with van der Waals surface area (Å²) in [5.74, 6) is 0.418. The number of fused-ring (bicyclic) bond motifs is 1. The van der Waals surface area contributed by atoms with E-state index in [0.717, 1.165) is 24.1 Å². The Hall–Kier alpha value is -3.41. The minimum atomic E-state index is -0.449. The highest BCUT2D eigenvalue weighted by atomic mass is 35.5. The number of carbonyl (C=O) groups excluding carboxylic acids is 1. The normalized spacial score (nSPS) is 12.2. The Morgan fingerprint density at radius 1 is 1.03 bits per heavy atom. The largest absolute Gasteiger partial charge is 0.458 e. The number of nitrogens with one attached hydrogen (secondary N) is 1. The minimum Gasteiger partial charge on any atom is -0.458 e. The van der Waals surface area contributed by atoms with Crippen molar-refractivity contribution in [2.24, 2.45) is 5.92 Å². The van der Waals surface area contributed by atoms with Crippen LogP contribution in [0, 0.1) is 12.8 Å². The fraction of sp³-hybridized carbons (Fsp3) is 0.312. The summed E-state index contributed by atoms with van der Waals surface area (Å²) in [5, 5.41) is 4.15. The third-order valence-electron chi connectivity index (χ3n) is 6.82. The van der Waals surface area contributed by atoms with Gasteiger partial charge in [-0.1, -0.05) is 73.5 Å². The monoisotopic (exact) mass is 530 g/mol. The molecule has 198 valence electrons. The summed E-state index contributed by atoms with van der Waals surface area (Å²) in [4.78, 5) is 29.8. The first-order valence-corrected chi connectivity index (χ1v) is 13.5. The van der Waals surface area contributed by atoms with Gasteiger partial charge in [-0.05, 0) is 62.7 Å². The Labute approximate surface area is 229 Å². The van der Waals surface area contributed by atoms with Crippen molar-refractivity contribution in [1.29, 1.82) is 0 Å². The lowest BCUT2D eigenvalue weighted by Crippen LogP contribution is -2.40. The van der Waals surface area contributed by atoms with E-state index in [0.29, 0.717) is 45.8 Å². The molecular formula is C32H35ClN2O3. The number of hydrogen-bond donors (Lipinski definition) is 1. The van der Waals surface area contributed by atoms with Gasteiger partial charge in [-0.3, -0.25) is 9.59 Å². The Morgan fingerprint density at radius 2 is 1.74 bits per heavy atom. The van der Waals surface area contributed by atoms with Gasteiger partial charge in [0.2, 0.25) is 0 Å². The molecule has 1 heterocycles. The van der Waals surface area contributed by atoms with Crippen LogP contribution in [0.25, 0.3) is 11.0 Å². The van der Waals surface area contributed by atoms with Gasteiger partial charge in [0.15, 0.2) is 5.43 Å². The molecule has 0 bridgehead atoms. The lowest BCUT2D eigenvalue weighted by molar-refractivity contribution is 0.0586. The Bertz CT molecular complexity index is 1450. The zero-order valence-electron chi connectivity index (χ0n) is 22.5. The fourth-order valence-electron chi connectivity index (χ4n) is 4.89. The molecule has 4 aromatic rings. The van der Waals surface area contributed by atoms with Crippen LogP contribution in [0.2, 0.25) is 5.02 Å². The summed E-state index contributed by atoms with van der Waals surface area (Å²) >= 11 is 6.29. The van der Waals surface area contributed by atoms with Crippen LogP contribution in [-0.4, -0.2) is 30.9 Å². The van der Waals surface area contributed by atoms with E-state index in [1.54, 1.807) is 18.2 Å². The molecule has 1 amide bonds. The molecule has 1 N–H and O–H groups in total. The molecule has 0 saturated carbocycles.